The lowest BCUT2D eigenvalue weighted by Gasteiger charge is -2.36. The van der Waals surface area contributed by atoms with Gasteiger partial charge in [-0.1, -0.05) is 12.1 Å². The van der Waals surface area contributed by atoms with Crippen molar-refractivity contribution in [1.82, 2.24) is 9.88 Å². The highest BCUT2D eigenvalue weighted by Crippen LogP contribution is 2.42. The zero-order valence-corrected chi connectivity index (χ0v) is 15.2. The van der Waals surface area contributed by atoms with Gasteiger partial charge in [0.05, 0.1) is 13.2 Å². The predicted molar refractivity (Wildman–Crippen MR) is 101 cm³/mol. The number of ether oxygens (including phenoxy) is 1. The molecule has 0 saturated heterocycles. The van der Waals surface area contributed by atoms with Gasteiger partial charge in [0.25, 0.3) is 0 Å². The maximum atomic E-state index is 13.5. The highest BCUT2D eigenvalue weighted by atomic mass is 19.1. The third-order valence-corrected chi connectivity index (χ3v) is 5.73. The molecule has 4 nitrogen and oxygen atoms in total. The molecular weight excluding hydrogens is 343 g/mol. The molecule has 1 aliphatic heterocycles. The van der Waals surface area contributed by atoms with Crippen LogP contribution in [0.15, 0.2) is 42.5 Å². The molecule has 0 radical (unpaired) electrons. The Balaban J connectivity index is 1.67. The van der Waals surface area contributed by atoms with Crippen molar-refractivity contribution in [1.29, 1.82) is 0 Å². The number of carbonyl (C=O) groups excluding carboxylic acids is 1. The van der Waals surface area contributed by atoms with Gasteiger partial charge in [-0.2, -0.15) is 0 Å². The molecule has 3 aromatic rings. The van der Waals surface area contributed by atoms with Crippen molar-refractivity contribution in [3.63, 3.8) is 0 Å². The summed E-state index contributed by atoms with van der Waals surface area (Å²) in [6.07, 6.45) is 2.75. The number of nitrogens with zero attached hydrogens (tertiary/aromatic N) is 1. The first-order valence-corrected chi connectivity index (χ1v) is 9.40. The number of hydrogen-bond acceptors (Lipinski definition) is 2. The molecular formula is C22H21FN2O2. The number of aromatic nitrogens is 1. The average Bonchev–Trinajstić information content (AvgIpc) is 3.48. The van der Waals surface area contributed by atoms with Gasteiger partial charge in [0.1, 0.15) is 11.6 Å². The SMILES string of the molecule is COc1ccc2[nH]c3c(c2c1)CCN(C(=O)C1CC1)C3c1ccc(F)cc1. The van der Waals surface area contributed by atoms with Crippen LogP contribution in [-0.4, -0.2) is 29.4 Å². The summed E-state index contributed by atoms with van der Waals surface area (Å²) in [5.41, 5.74) is 4.22. The summed E-state index contributed by atoms with van der Waals surface area (Å²) in [5.74, 6) is 0.917. The van der Waals surface area contributed by atoms with Crippen LogP contribution >= 0.6 is 0 Å². The number of aromatic amines is 1. The quantitative estimate of drug-likeness (QED) is 0.757. The lowest BCUT2D eigenvalue weighted by atomic mass is 9.92. The summed E-state index contributed by atoms with van der Waals surface area (Å²) in [6.45, 7) is 0.675. The molecule has 0 spiro atoms. The van der Waals surface area contributed by atoms with E-state index in [9.17, 15) is 9.18 Å². The highest BCUT2D eigenvalue weighted by molar-refractivity contribution is 5.88. The van der Waals surface area contributed by atoms with Gasteiger partial charge in [0.15, 0.2) is 0 Å². The summed E-state index contributed by atoms with van der Waals surface area (Å²) in [6, 6.07) is 12.3. The van der Waals surface area contributed by atoms with Crippen LogP contribution in [0.5, 0.6) is 5.75 Å². The van der Waals surface area contributed by atoms with Gasteiger partial charge < -0.3 is 14.6 Å². The van der Waals surface area contributed by atoms with Gasteiger partial charge in [0, 0.05) is 29.1 Å². The van der Waals surface area contributed by atoms with E-state index in [1.165, 1.54) is 17.7 Å². The monoisotopic (exact) mass is 364 g/mol. The first-order chi connectivity index (χ1) is 13.2. The lowest BCUT2D eigenvalue weighted by molar-refractivity contribution is -0.134. The third-order valence-electron chi connectivity index (χ3n) is 5.73. The van der Waals surface area contributed by atoms with E-state index in [-0.39, 0.29) is 23.7 Å². The maximum Gasteiger partial charge on any atom is 0.226 e. The summed E-state index contributed by atoms with van der Waals surface area (Å²) in [5, 5.41) is 1.13. The van der Waals surface area contributed by atoms with Crippen LogP contribution in [0.3, 0.4) is 0 Å². The molecule has 1 amide bonds. The number of rotatable bonds is 3. The summed E-state index contributed by atoms with van der Waals surface area (Å²) >= 11 is 0. The zero-order valence-electron chi connectivity index (χ0n) is 15.2. The molecule has 1 unspecified atom stereocenters. The molecule has 0 bridgehead atoms. The van der Waals surface area contributed by atoms with E-state index >= 15 is 0 Å². The fourth-order valence-corrected chi connectivity index (χ4v) is 4.19. The fourth-order valence-electron chi connectivity index (χ4n) is 4.19. The number of amides is 1. The van der Waals surface area contributed by atoms with E-state index in [0.717, 1.165) is 47.2 Å². The molecule has 2 aliphatic rings. The Kier molecular flexibility index (Phi) is 3.71. The Morgan fingerprint density at radius 3 is 2.67 bits per heavy atom. The average molecular weight is 364 g/mol. The van der Waals surface area contributed by atoms with E-state index in [0.29, 0.717) is 6.54 Å². The van der Waals surface area contributed by atoms with E-state index in [4.69, 9.17) is 4.74 Å². The van der Waals surface area contributed by atoms with Crippen LogP contribution < -0.4 is 4.74 Å². The van der Waals surface area contributed by atoms with Crippen LogP contribution in [0.25, 0.3) is 10.9 Å². The zero-order chi connectivity index (χ0) is 18.5. The molecule has 5 rings (SSSR count). The van der Waals surface area contributed by atoms with Gasteiger partial charge in [-0.25, -0.2) is 4.39 Å². The standard InChI is InChI=1S/C22H21FN2O2/c1-27-16-8-9-19-18(12-16)17-10-11-25(22(26)14-2-3-14)21(20(17)24-19)13-4-6-15(23)7-5-13/h4-9,12,14,21,24H,2-3,10-11H2,1H3. The molecule has 27 heavy (non-hydrogen) atoms. The van der Waals surface area contributed by atoms with Gasteiger partial charge in [-0.05, 0) is 60.7 Å². The molecule has 2 heterocycles. The van der Waals surface area contributed by atoms with E-state index in [2.05, 4.69) is 4.98 Å². The second-order valence-corrected chi connectivity index (χ2v) is 7.44. The Morgan fingerprint density at radius 1 is 1.19 bits per heavy atom. The van der Waals surface area contributed by atoms with E-state index in [1.807, 2.05) is 23.1 Å². The minimum Gasteiger partial charge on any atom is -0.497 e. The molecule has 1 aromatic heterocycles. The van der Waals surface area contributed by atoms with Crippen LogP contribution in [0, 0.1) is 11.7 Å². The first kappa shape index (κ1) is 16.4. The van der Waals surface area contributed by atoms with Crippen molar-refractivity contribution in [3.8, 4) is 5.75 Å². The first-order valence-electron chi connectivity index (χ1n) is 9.40. The van der Waals surface area contributed by atoms with Crippen LogP contribution in [0.2, 0.25) is 0 Å². The van der Waals surface area contributed by atoms with Crippen molar-refractivity contribution in [2.24, 2.45) is 5.92 Å². The van der Waals surface area contributed by atoms with Gasteiger partial charge in [-0.15, -0.1) is 0 Å². The van der Waals surface area contributed by atoms with Crippen LogP contribution in [-0.2, 0) is 11.2 Å². The van der Waals surface area contributed by atoms with Crippen LogP contribution in [0.1, 0.15) is 35.7 Å². The Hall–Kier alpha value is -2.82. The lowest BCUT2D eigenvalue weighted by Crippen LogP contribution is -2.41. The number of hydrogen-bond donors (Lipinski definition) is 1. The van der Waals surface area contributed by atoms with Crippen molar-refractivity contribution >= 4 is 16.8 Å². The summed E-state index contributed by atoms with van der Waals surface area (Å²) < 4.78 is 18.9. The molecule has 1 atom stereocenters. The number of nitrogens with one attached hydrogen (secondary N) is 1. The topological polar surface area (TPSA) is 45.3 Å². The highest BCUT2D eigenvalue weighted by Gasteiger charge is 2.40. The van der Waals surface area contributed by atoms with E-state index in [1.54, 1.807) is 19.2 Å². The maximum absolute atomic E-state index is 13.5. The molecule has 1 aliphatic carbocycles. The fraction of sp³-hybridized carbons (Fsp3) is 0.318. The molecule has 1 N–H and O–H groups in total. The van der Waals surface area contributed by atoms with Crippen LogP contribution in [0.4, 0.5) is 4.39 Å². The van der Waals surface area contributed by atoms with Crippen molar-refractivity contribution in [2.75, 3.05) is 13.7 Å². The number of methoxy groups -OCH3 is 1. The van der Waals surface area contributed by atoms with Gasteiger partial charge in [0.2, 0.25) is 5.91 Å². The van der Waals surface area contributed by atoms with Crippen molar-refractivity contribution < 1.29 is 13.9 Å². The number of halogens is 1. The molecule has 138 valence electrons. The summed E-state index contributed by atoms with van der Waals surface area (Å²) in [7, 11) is 1.66. The Labute approximate surface area is 156 Å². The number of H-pyrrole nitrogens is 1. The molecule has 1 fully saturated rings. The largest absolute Gasteiger partial charge is 0.497 e. The minimum atomic E-state index is -0.267. The minimum absolute atomic E-state index is 0.152. The second-order valence-electron chi connectivity index (χ2n) is 7.44. The number of fused-ring (bicyclic) bond motifs is 3. The number of carbonyl (C=O) groups is 1. The molecule has 2 aromatic carbocycles. The molecule has 5 heteroatoms. The second kappa shape index (κ2) is 6.12. The third kappa shape index (κ3) is 2.69. The van der Waals surface area contributed by atoms with Gasteiger partial charge >= 0.3 is 0 Å². The van der Waals surface area contributed by atoms with Crippen molar-refractivity contribution in [2.45, 2.75) is 25.3 Å². The Morgan fingerprint density at radius 2 is 1.96 bits per heavy atom. The normalized spacial score (nSPS) is 19.2. The molecule has 1 saturated carbocycles. The summed E-state index contributed by atoms with van der Waals surface area (Å²) in [4.78, 5) is 18.5. The smallest absolute Gasteiger partial charge is 0.226 e. The Bertz CT molecular complexity index is 1020. The van der Waals surface area contributed by atoms with Crippen molar-refractivity contribution in [3.05, 3.63) is 65.1 Å². The van der Waals surface area contributed by atoms with E-state index < -0.39 is 0 Å². The number of benzene rings is 2. The predicted octanol–water partition coefficient (Wildman–Crippen LogP) is 4.20. The van der Waals surface area contributed by atoms with Gasteiger partial charge in [-0.3, -0.25) is 4.79 Å².